The summed E-state index contributed by atoms with van der Waals surface area (Å²) in [6, 6.07) is 8.86. The normalized spacial score (nSPS) is 20.7. The van der Waals surface area contributed by atoms with Crippen molar-refractivity contribution in [2.24, 2.45) is 5.92 Å². The number of hydrogen-bond donors (Lipinski definition) is 0. The maximum atomic E-state index is 13.9. The van der Waals surface area contributed by atoms with E-state index in [-0.39, 0.29) is 6.10 Å². The molecule has 5 nitrogen and oxygen atoms in total. The number of halogens is 1. The minimum Gasteiger partial charge on any atom is -0.488 e. The highest BCUT2D eigenvalue weighted by atomic mass is 32.2. The van der Waals surface area contributed by atoms with Gasteiger partial charge in [0, 0.05) is 30.3 Å². The number of rotatable bonds is 5. The molecule has 30 heavy (non-hydrogen) atoms. The zero-order valence-electron chi connectivity index (χ0n) is 17.8. The Kier molecular flexibility index (Phi) is 5.62. The van der Waals surface area contributed by atoms with Crippen molar-refractivity contribution in [2.75, 3.05) is 25.9 Å². The number of aromatic nitrogens is 1. The summed E-state index contributed by atoms with van der Waals surface area (Å²) in [7, 11) is -3.21. The number of sulfone groups is 1. The fourth-order valence-corrected chi connectivity index (χ4v) is 5.11. The van der Waals surface area contributed by atoms with Gasteiger partial charge in [-0.25, -0.2) is 12.8 Å². The van der Waals surface area contributed by atoms with Crippen LogP contribution in [0.25, 0.3) is 11.3 Å². The molecule has 7 heteroatoms. The third-order valence-electron chi connectivity index (χ3n) is 5.98. The monoisotopic (exact) mass is 432 g/mol. The Morgan fingerprint density at radius 3 is 2.47 bits per heavy atom. The molecule has 2 aliphatic rings. The van der Waals surface area contributed by atoms with E-state index in [0.29, 0.717) is 17.4 Å². The number of piperidine rings is 1. The summed E-state index contributed by atoms with van der Waals surface area (Å²) in [5, 5.41) is 0. The van der Waals surface area contributed by atoms with E-state index in [1.807, 2.05) is 6.07 Å². The van der Waals surface area contributed by atoms with Crippen LogP contribution in [0, 0.1) is 5.92 Å². The summed E-state index contributed by atoms with van der Waals surface area (Å²) in [6.07, 6.45) is 6.01. The molecule has 1 atom stereocenters. The standard InChI is InChI=1S/C23H29FN2O3S/c1-23(2,24)15-26-10-8-17(9-11-26)21-13-18-12-20(25-14-22(18)29-21)16-4-6-19(7-5-16)30(3,27)28/h4-7,12,14,17,21H,8-11,13,15H2,1-3H3/t21-/m1/s1. The molecule has 0 unspecified atom stereocenters. The van der Waals surface area contributed by atoms with E-state index < -0.39 is 15.5 Å². The van der Waals surface area contributed by atoms with Crippen LogP contribution in [-0.2, 0) is 16.3 Å². The molecule has 162 valence electrons. The predicted octanol–water partition coefficient (Wildman–Crippen LogP) is 3.92. The van der Waals surface area contributed by atoms with Crippen molar-refractivity contribution in [3.8, 4) is 17.0 Å². The van der Waals surface area contributed by atoms with Crippen molar-refractivity contribution in [1.82, 2.24) is 9.88 Å². The molecule has 1 fully saturated rings. The molecule has 0 radical (unpaired) electrons. The van der Waals surface area contributed by atoms with Crippen LogP contribution in [-0.4, -0.2) is 56.0 Å². The van der Waals surface area contributed by atoms with Gasteiger partial charge in [0.2, 0.25) is 0 Å². The van der Waals surface area contributed by atoms with Gasteiger partial charge < -0.3 is 9.64 Å². The molecule has 1 aromatic heterocycles. The molecule has 0 spiro atoms. The molecule has 0 bridgehead atoms. The number of likely N-dealkylation sites (tertiary alicyclic amines) is 1. The smallest absolute Gasteiger partial charge is 0.175 e. The molecule has 0 amide bonds. The molecule has 0 N–H and O–H groups in total. The van der Waals surface area contributed by atoms with Crippen LogP contribution in [0.2, 0.25) is 0 Å². The zero-order chi connectivity index (χ0) is 21.5. The first kappa shape index (κ1) is 21.2. The second kappa shape index (κ2) is 7.93. The van der Waals surface area contributed by atoms with Crippen LogP contribution in [0.5, 0.6) is 5.75 Å². The fraction of sp³-hybridized carbons (Fsp3) is 0.522. The Hall–Kier alpha value is -1.99. The molecular weight excluding hydrogens is 403 g/mol. The molecule has 1 aromatic carbocycles. The van der Waals surface area contributed by atoms with Crippen LogP contribution in [0.15, 0.2) is 41.4 Å². The van der Waals surface area contributed by atoms with Gasteiger partial charge in [-0.1, -0.05) is 12.1 Å². The lowest BCUT2D eigenvalue weighted by Crippen LogP contribution is -2.43. The van der Waals surface area contributed by atoms with E-state index in [1.165, 1.54) is 6.26 Å². The number of fused-ring (bicyclic) bond motifs is 1. The lowest BCUT2D eigenvalue weighted by molar-refractivity contribution is 0.0606. The number of hydrogen-bond acceptors (Lipinski definition) is 5. The van der Waals surface area contributed by atoms with Gasteiger partial charge in [0.25, 0.3) is 0 Å². The van der Waals surface area contributed by atoms with Crippen molar-refractivity contribution >= 4 is 9.84 Å². The summed E-state index contributed by atoms with van der Waals surface area (Å²) in [4.78, 5) is 7.03. The number of nitrogens with zero attached hydrogens (tertiary/aromatic N) is 2. The lowest BCUT2D eigenvalue weighted by Gasteiger charge is -2.36. The highest BCUT2D eigenvalue weighted by molar-refractivity contribution is 7.90. The van der Waals surface area contributed by atoms with Gasteiger partial charge in [-0.05, 0) is 63.9 Å². The van der Waals surface area contributed by atoms with Crippen LogP contribution < -0.4 is 4.74 Å². The summed E-state index contributed by atoms with van der Waals surface area (Å²) in [6.45, 7) is 5.57. The van der Waals surface area contributed by atoms with E-state index in [1.54, 1.807) is 44.3 Å². The van der Waals surface area contributed by atoms with Crippen molar-refractivity contribution in [3.05, 3.63) is 42.1 Å². The Morgan fingerprint density at radius 2 is 1.87 bits per heavy atom. The first-order chi connectivity index (χ1) is 14.1. The SMILES string of the molecule is CC(C)(F)CN1CCC([C@H]2Cc3cc(-c4ccc(S(C)(=O)=O)cc4)ncc3O2)CC1. The van der Waals surface area contributed by atoms with Crippen LogP contribution in [0.1, 0.15) is 32.3 Å². The Balaban J connectivity index is 1.41. The molecular formula is C23H29FN2O3S. The fourth-order valence-electron chi connectivity index (χ4n) is 4.48. The molecule has 2 aliphatic heterocycles. The third-order valence-corrected chi connectivity index (χ3v) is 7.11. The average molecular weight is 433 g/mol. The maximum absolute atomic E-state index is 13.9. The number of alkyl halides is 1. The van der Waals surface area contributed by atoms with Gasteiger partial charge in [0.05, 0.1) is 16.8 Å². The summed E-state index contributed by atoms with van der Waals surface area (Å²) in [5.41, 5.74) is 1.69. The van der Waals surface area contributed by atoms with Crippen LogP contribution >= 0.6 is 0 Å². The Bertz CT molecular complexity index is 1010. The molecule has 2 aromatic rings. The van der Waals surface area contributed by atoms with E-state index in [9.17, 15) is 12.8 Å². The number of pyridine rings is 1. The summed E-state index contributed by atoms with van der Waals surface area (Å²) in [5.74, 6) is 1.30. The first-order valence-corrected chi connectivity index (χ1v) is 12.3. The molecule has 0 aliphatic carbocycles. The van der Waals surface area contributed by atoms with Crippen molar-refractivity contribution in [2.45, 2.75) is 49.8 Å². The van der Waals surface area contributed by atoms with Gasteiger partial charge in [-0.15, -0.1) is 0 Å². The Labute approximate surface area is 178 Å². The minimum atomic E-state index is -3.21. The van der Waals surface area contributed by atoms with Crippen molar-refractivity contribution in [3.63, 3.8) is 0 Å². The second-order valence-electron chi connectivity index (χ2n) is 9.17. The van der Waals surface area contributed by atoms with Gasteiger partial charge >= 0.3 is 0 Å². The van der Waals surface area contributed by atoms with Gasteiger partial charge in [-0.2, -0.15) is 0 Å². The van der Waals surface area contributed by atoms with E-state index in [2.05, 4.69) is 9.88 Å². The van der Waals surface area contributed by atoms with E-state index in [0.717, 1.165) is 54.9 Å². The number of ether oxygens (including phenoxy) is 1. The highest BCUT2D eigenvalue weighted by Gasteiger charge is 2.34. The van der Waals surface area contributed by atoms with Gasteiger partial charge in [0.1, 0.15) is 17.5 Å². The first-order valence-electron chi connectivity index (χ1n) is 10.5. The van der Waals surface area contributed by atoms with E-state index in [4.69, 9.17) is 4.74 Å². The maximum Gasteiger partial charge on any atom is 0.175 e. The molecule has 4 rings (SSSR count). The molecule has 1 saturated heterocycles. The van der Waals surface area contributed by atoms with E-state index >= 15 is 0 Å². The zero-order valence-corrected chi connectivity index (χ0v) is 18.6. The van der Waals surface area contributed by atoms with Crippen molar-refractivity contribution < 1.29 is 17.5 Å². The van der Waals surface area contributed by atoms with Crippen LogP contribution in [0.3, 0.4) is 0 Å². The summed E-state index contributed by atoms with van der Waals surface area (Å²) >= 11 is 0. The average Bonchev–Trinajstić information content (AvgIpc) is 3.10. The minimum absolute atomic E-state index is 0.144. The third kappa shape index (κ3) is 4.83. The highest BCUT2D eigenvalue weighted by Crippen LogP contribution is 2.36. The van der Waals surface area contributed by atoms with Crippen molar-refractivity contribution in [1.29, 1.82) is 0 Å². The largest absolute Gasteiger partial charge is 0.488 e. The lowest BCUT2D eigenvalue weighted by atomic mass is 9.88. The number of benzene rings is 1. The van der Waals surface area contributed by atoms with Crippen LogP contribution in [0.4, 0.5) is 4.39 Å². The molecule has 3 heterocycles. The quantitative estimate of drug-likeness (QED) is 0.717. The predicted molar refractivity (Wildman–Crippen MR) is 115 cm³/mol. The topological polar surface area (TPSA) is 59.5 Å². The Morgan fingerprint density at radius 1 is 1.20 bits per heavy atom. The van der Waals surface area contributed by atoms with Gasteiger partial charge in [0.15, 0.2) is 9.84 Å². The summed E-state index contributed by atoms with van der Waals surface area (Å²) < 4.78 is 43.4. The molecule has 0 saturated carbocycles. The van der Waals surface area contributed by atoms with Gasteiger partial charge in [-0.3, -0.25) is 4.98 Å². The second-order valence-corrected chi connectivity index (χ2v) is 11.2.